The molecule has 1 aromatic carbocycles. The van der Waals surface area contributed by atoms with Crippen molar-refractivity contribution in [3.05, 3.63) is 34.9 Å². The van der Waals surface area contributed by atoms with Crippen LogP contribution in [-0.2, 0) is 11.2 Å². The number of carbonyl (C=O) groups is 1. The van der Waals surface area contributed by atoms with Gasteiger partial charge >= 0.3 is 0 Å². The van der Waals surface area contributed by atoms with Gasteiger partial charge in [0.15, 0.2) is 0 Å². The molecule has 12 heavy (non-hydrogen) atoms. The molecule has 0 bridgehead atoms. The van der Waals surface area contributed by atoms with Gasteiger partial charge in [0.1, 0.15) is 6.29 Å². The summed E-state index contributed by atoms with van der Waals surface area (Å²) in [6, 6.07) is 6.91. The zero-order valence-electron chi connectivity index (χ0n) is 6.53. The molecular weight excluding hydrogens is 174 g/mol. The van der Waals surface area contributed by atoms with E-state index in [9.17, 15) is 4.79 Å². The van der Waals surface area contributed by atoms with E-state index in [1.165, 1.54) is 0 Å². The molecule has 64 valence electrons. The van der Waals surface area contributed by atoms with Crippen LogP contribution in [0.15, 0.2) is 24.3 Å². The highest BCUT2D eigenvalue weighted by atomic mass is 35.5. The standard InChI is InChI=1S/C9H10ClNO/c10-8-3-1-2-7(4-8)5-9(11)6-12/h1-4,6,9H,5,11H2. The Labute approximate surface area is 76.3 Å². The third-order valence-electron chi connectivity index (χ3n) is 1.54. The average molecular weight is 184 g/mol. The largest absolute Gasteiger partial charge is 0.321 e. The van der Waals surface area contributed by atoms with Gasteiger partial charge in [-0.15, -0.1) is 0 Å². The highest BCUT2D eigenvalue weighted by Gasteiger charge is 2.01. The fraction of sp³-hybridized carbons (Fsp3) is 0.222. The molecule has 0 amide bonds. The molecule has 1 aromatic rings. The molecule has 0 saturated carbocycles. The Morgan fingerprint density at radius 3 is 2.92 bits per heavy atom. The van der Waals surface area contributed by atoms with Crippen molar-refractivity contribution in [2.75, 3.05) is 0 Å². The number of rotatable bonds is 3. The van der Waals surface area contributed by atoms with Crippen LogP contribution in [0.2, 0.25) is 5.02 Å². The van der Waals surface area contributed by atoms with Crippen LogP contribution in [-0.4, -0.2) is 12.3 Å². The minimum atomic E-state index is -0.427. The third kappa shape index (κ3) is 2.64. The van der Waals surface area contributed by atoms with Gasteiger partial charge in [0, 0.05) is 5.02 Å². The maximum absolute atomic E-state index is 10.2. The van der Waals surface area contributed by atoms with Crippen LogP contribution < -0.4 is 5.73 Å². The Kier molecular flexibility index (Phi) is 3.26. The van der Waals surface area contributed by atoms with Gasteiger partial charge in [0.25, 0.3) is 0 Å². The van der Waals surface area contributed by atoms with E-state index in [4.69, 9.17) is 17.3 Å². The van der Waals surface area contributed by atoms with Crippen LogP contribution in [0.25, 0.3) is 0 Å². The quantitative estimate of drug-likeness (QED) is 0.721. The van der Waals surface area contributed by atoms with E-state index in [0.717, 1.165) is 11.8 Å². The molecule has 0 fully saturated rings. The van der Waals surface area contributed by atoms with E-state index in [1.807, 2.05) is 18.2 Å². The summed E-state index contributed by atoms with van der Waals surface area (Å²) in [5.74, 6) is 0. The summed E-state index contributed by atoms with van der Waals surface area (Å²) in [7, 11) is 0. The molecule has 0 radical (unpaired) electrons. The van der Waals surface area contributed by atoms with Crippen molar-refractivity contribution in [2.24, 2.45) is 5.73 Å². The number of carbonyl (C=O) groups excluding carboxylic acids is 1. The maximum atomic E-state index is 10.2. The van der Waals surface area contributed by atoms with Gasteiger partial charge in [-0.1, -0.05) is 23.7 Å². The fourth-order valence-electron chi connectivity index (χ4n) is 0.984. The average Bonchev–Trinajstić information content (AvgIpc) is 2.04. The predicted molar refractivity (Wildman–Crippen MR) is 49.2 cm³/mol. The summed E-state index contributed by atoms with van der Waals surface area (Å²) in [6.45, 7) is 0. The van der Waals surface area contributed by atoms with Crippen LogP contribution in [0.3, 0.4) is 0 Å². The summed E-state index contributed by atoms with van der Waals surface area (Å²) < 4.78 is 0. The van der Waals surface area contributed by atoms with Crippen molar-refractivity contribution in [1.82, 2.24) is 0 Å². The SMILES string of the molecule is NC(C=O)Cc1cccc(Cl)c1. The molecule has 0 aliphatic carbocycles. The van der Waals surface area contributed by atoms with Crippen molar-refractivity contribution in [3.8, 4) is 0 Å². The molecule has 0 aliphatic rings. The molecular formula is C9H10ClNO. The Bertz CT molecular complexity index is 275. The number of halogens is 1. The first-order chi connectivity index (χ1) is 5.72. The molecule has 1 unspecified atom stereocenters. The first kappa shape index (κ1) is 9.23. The second kappa shape index (κ2) is 4.24. The van der Waals surface area contributed by atoms with Crippen molar-refractivity contribution in [3.63, 3.8) is 0 Å². The highest BCUT2D eigenvalue weighted by molar-refractivity contribution is 6.30. The number of hydrogen-bond donors (Lipinski definition) is 1. The van der Waals surface area contributed by atoms with Gasteiger partial charge in [0.05, 0.1) is 6.04 Å². The summed E-state index contributed by atoms with van der Waals surface area (Å²) in [5.41, 5.74) is 6.43. The molecule has 2 nitrogen and oxygen atoms in total. The number of benzene rings is 1. The van der Waals surface area contributed by atoms with E-state index < -0.39 is 6.04 Å². The lowest BCUT2D eigenvalue weighted by atomic mass is 10.1. The Morgan fingerprint density at radius 2 is 2.33 bits per heavy atom. The van der Waals surface area contributed by atoms with Crippen molar-refractivity contribution >= 4 is 17.9 Å². The van der Waals surface area contributed by atoms with Crippen LogP contribution in [0.1, 0.15) is 5.56 Å². The molecule has 3 heteroatoms. The molecule has 0 aliphatic heterocycles. The van der Waals surface area contributed by atoms with Crippen LogP contribution in [0.4, 0.5) is 0 Å². The van der Waals surface area contributed by atoms with Gasteiger partial charge < -0.3 is 10.5 Å². The Hall–Kier alpha value is -0.860. The monoisotopic (exact) mass is 183 g/mol. The molecule has 1 atom stereocenters. The first-order valence-corrected chi connectivity index (χ1v) is 4.05. The summed E-state index contributed by atoms with van der Waals surface area (Å²) >= 11 is 5.74. The van der Waals surface area contributed by atoms with E-state index in [-0.39, 0.29) is 0 Å². The third-order valence-corrected chi connectivity index (χ3v) is 1.77. The smallest absolute Gasteiger partial charge is 0.137 e. The van der Waals surface area contributed by atoms with Gasteiger partial charge in [-0.3, -0.25) is 0 Å². The second-order valence-electron chi connectivity index (χ2n) is 2.63. The summed E-state index contributed by atoms with van der Waals surface area (Å²) in [5, 5.41) is 0.672. The molecule has 1 rings (SSSR count). The molecule has 0 spiro atoms. The Balaban J connectivity index is 2.69. The summed E-state index contributed by atoms with van der Waals surface area (Å²) in [4.78, 5) is 10.2. The number of aldehydes is 1. The number of nitrogens with two attached hydrogens (primary N) is 1. The van der Waals surface area contributed by atoms with Gasteiger partial charge in [-0.25, -0.2) is 0 Å². The molecule has 0 saturated heterocycles. The lowest BCUT2D eigenvalue weighted by molar-refractivity contribution is -0.108. The van der Waals surface area contributed by atoms with Crippen molar-refractivity contribution in [2.45, 2.75) is 12.5 Å². The van der Waals surface area contributed by atoms with Crippen molar-refractivity contribution in [1.29, 1.82) is 0 Å². The predicted octanol–water partition coefficient (Wildman–Crippen LogP) is 1.41. The van der Waals surface area contributed by atoms with Gasteiger partial charge in [-0.2, -0.15) is 0 Å². The molecule has 0 heterocycles. The lowest BCUT2D eigenvalue weighted by Crippen LogP contribution is -2.23. The normalized spacial score (nSPS) is 12.5. The van der Waals surface area contributed by atoms with E-state index in [0.29, 0.717) is 11.4 Å². The highest BCUT2D eigenvalue weighted by Crippen LogP contribution is 2.11. The fourth-order valence-corrected chi connectivity index (χ4v) is 1.20. The minimum absolute atomic E-state index is 0.427. The molecule has 2 N–H and O–H groups in total. The van der Waals surface area contributed by atoms with E-state index in [2.05, 4.69) is 0 Å². The number of hydrogen-bond acceptors (Lipinski definition) is 2. The van der Waals surface area contributed by atoms with Gasteiger partial charge in [0.2, 0.25) is 0 Å². The first-order valence-electron chi connectivity index (χ1n) is 3.67. The zero-order valence-corrected chi connectivity index (χ0v) is 7.29. The lowest BCUT2D eigenvalue weighted by Gasteiger charge is -2.03. The van der Waals surface area contributed by atoms with Crippen LogP contribution in [0, 0.1) is 0 Å². The molecule has 0 aromatic heterocycles. The van der Waals surface area contributed by atoms with Gasteiger partial charge in [-0.05, 0) is 24.1 Å². The summed E-state index contributed by atoms with van der Waals surface area (Å²) in [6.07, 6.45) is 1.28. The minimum Gasteiger partial charge on any atom is -0.321 e. The van der Waals surface area contributed by atoms with Crippen LogP contribution in [0.5, 0.6) is 0 Å². The van der Waals surface area contributed by atoms with Crippen LogP contribution >= 0.6 is 11.6 Å². The van der Waals surface area contributed by atoms with E-state index in [1.54, 1.807) is 6.07 Å². The zero-order chi connectivity index (χ0) is 8.97. The van der Waals surface area contributed by atoms with E-state index >= 15 is 0 Å². The van der Waals surface area contributed by atoms with Crippen molar-refractivity contribution < 1.29 is 4.79 Å². The maximum Gasteiger partial charge on any atom is 0.137 e. The topological polar surface area (TPSA) is 43.1 Å². The Morgan fingerprint density at radius 1 is 1.58 bits per heavy atom. The second-order valence-corrected chi connectivity index (χ2v) is 3.07.